The lowest BCUT2D eigenvalue weighted by atomic mass is 10.0. The highest BCUT2D eigenvalue weighted by atomic mass is 32.2. The third-order valence-electron chi connectivity index (χ3n) is 3.86. The van der Waals surface area contributed by atoms with E-state index in [1.165, 1.54) is 11.8 Å². The molecule has 2 heterocycles. The van der Waals surface area contributed by atoms with Gasteiger partial charge >= 0.3 is 0 Å². The van der Waals surface area contributed by atoms with E-state index in [1.807, 2.05) is 54.7 Å². The molecule has 1 aliphatic heterocycles. The Bertz CT molecular complexity index is 858. The predicted octanol–water partition coefficient (Wildman–Crippen LogP) is 4.35. The first-order chi connectivity index (χ1) is 11.8. The number of carbonyl (C=O) groups is 1. The van der Waals surface area contributed by atoms with Crippen LogP contribution in [-0.4, -0.2) is 27.9 Å². The Morgan fingerprint density at radius 2 is 1.96 bits per heavy atom. The molecule has 4 nitrogen and oxygen atoms in total. The molecule has 0 spiro atoms. The SMILES string of the molecule is O=C(CSc1nc2ccccc2s1)N1N=CCC1c1ccccc1. The average Bonchev–Trinajstić information content (AvgIpc) is 3.27. The monoisotopic (exact) mass is 353 g/mol. The van der Waals surface area contributed by atoms with Crippen LogP contribution in [0.1, 0.15) is 18.0 Å². The van der Waals surface area contributed by atoms with Crippen LogP contribution in [0.5, 0.6) is 0 Å². The normalized spacial score (nSPS) is 16.8. The minimum atomic E-state index is 0.00895. The molecule has 4 rings (SSSR count). The number of aromatic nitrogens is 1. The number of carbonyl (C=O) groups excluding carboxylic acids is 1. The predicted molar refractivity (Wildman–Crippen MR) is 99.5 cm³/mol. The molecule has 3 aromatic rings. The van der Waals surface area contributed by atoms with Crippen LogP contribution >= 0.6 is 23.1 Å². The number of benzene rings is 2. The molecular formula is C18H15N3OS2. The number of hydrogen-bond acceptors (Lipinski definition) is 5. The summed E-state index contributed by atoms with van der Waals surface area (Å²) >= 11 is 3.10. The Morgan fingerprint density at radius 1 is 1.17 bits per heavy atom. The first kappa shape index (κ1) is 15.4. The second-order valence-electron chi connectivity index (χ2n) is 5.43. The van der Waals surface area contributed by atoms with Crippen molar-refractivity contribution in [2.45, 2.75) is 16.8 Å². The molecule has 120 valence electrons. The minimum absolute atomic E-state index is 0.00895. The standard InChI is InChI=1S/C18H15N3OS2/c22-17(12-23-18-20-14-8-4-5-9-16(14)24-18)21-15(10-11-19-21)13-6-2-1-3-7-13/h1-9,11,15H,10,12H2. The van der Waals surface area contributed by atoms with Crippen LogP contribution in [0.25, 0.3) is 10.2 Å². The van der Waals surface area contributed by atoms with Crippen molar-refractivity contribution in [3.8, 4) is 0 Å². The van der Waals surface area contributed by atoms with E-state index in [0.717, 1.165) is 26.5 Å². The number of rotatable bonds is 4. The van der Waals surface area contributed by atoms with Gasteiger partial charge in [0.25, 0.3) is 5.91 Å². The molecule has 1 unspecified atom stereocenters. The Balaban J connectivity index is 1.44. The molecule has 1 aliphatic rings. The van der Waals surface area contributed by atoms with Crippen molar-refractivity contribution in [3.63, 3.8) is 0 Å². The van der Waals surface area contributed by atoms with E-state index in [1.54, 1.807) is 16.3 Å². The fourth-order valence-corrected chi connectivity index (χ4v) is 4.63. The van der Waals surface area contributed by atoms with Gasteiger partial charge in [0.2, 0.25) is 0 Å². The zero-order valence-electron chi connectivity index (χ0n) is 12.8. The van der Waals surface area contributed by atoms with Gasteiger partial charge in [-0.25, -0.2) is 9.99 Å². The number of fused-ring (bicyclic) bond motifs is 1. The largest absolute Gasteiger partial charge is 0.272 e. The van der Waals surface area contributed by atoms with Gasteiger partial charge in [0, 0.05) is 12.6 Å². The summed E-state index contributed by atoms with van der Waals surface area (Å²) in [6.07, 6.45) is 2.58. The number of amides is 1. The van der Waals surface area contributed by atoms with Crippen LogP contribution < -0.4 is 0 Å². The summed E-state index contributed by atoms with van der Waals surface area (Å²) in [5, 5.41) is 5.88. The van der Waals surface area contributed by atoms with Gasteiger partial charge in [-0.3, -0.25) is 4.79 Å². The number of hydrazone groups is 1. The summed E-state index contributed by atoms with van der Waals surface area (Å²) in [4.78, 5) is 17.1. The molecule has 0 saturated heterocycles. The first-order valence-corrected chi connectivity index (χ1v) is 9.49. The zero-order valence-corrected chi connectivity index (χ0v) is 14.5. The molecule has 6 heteroatoms. The van der Waals surface area contributed by atoms with Crippen molar-refractivity contribution in [3.05, 3.63) is 60.2 Å². The van der Waals surface area contributed by atoms with Gasteiger partial charge in [-0.1, -0.05) is 54.2 Å². The lowest BCUT2D eigenvalue weighted by Crippen LogP contribution is -2.28. The van der Waals surface area contributed by atoms with Crippen molar-refractivity contribution in [1.82, 2.24) is 9.99 Å². The lowest BCUT2D eigenvalue weighted by molar-refractivity contribution is -0.130. The quantitative estimate of drug-likeness (QED) is 0.655. The fraction of sp³-hybridized carbons (Fsp3) is 0.167. The molecule has 1 atom stereocenters. The van der Waals surface area contributed by atoms with Crippen molar-refractivity contribution in [1.29, 1.82) is 0 Å². The summed E-state index contributed by atoms with van der Waals surface area (Å²) in [7, 11) is 0. The lowest BCUT2D eigenvalue weighted by Gasteiger charge is -2.21. The molecule has 0 radical (unpaired) electrons. The van der Waals surface area contributed by atoms with Gasteiger partial charge in [-0.2, -0.15) is 5.10 Å². The Hall–Kier alpha value is -2.18. The number of thiazole rings is 1. The van der Waals surface area contributed by atoms with E-state index in [4.69, 9.17) is 0 Å². The Morgan fingerprint density at radius 3 is 2.79 bits per heavy atom. The van der Waals surface area contributed by atoms with Crippen LogP contribution in [0, 0.1) is 0 Å². The molecule has 1 amide bonds. The molecule has 0 saturated carbocycles. The maximum atomic E-state index is 12.6. The number of nitrogens with zero attached hydrogens (tertiary/aromatic N) is 3. The van der Waals surface area contributed by atoms with Gasteiger partial charge in [-0.05, 0) is 17.7 Å². The Labute approximate surface area is 148 Å². The van der Waals surface area contributed by atoms with Gasteiger partial charge in [-0.15, -0.1) is 11.3 Å². The van der Waals surface area contributed by atoms with Crippen LogP contribution in [0.3, 0.4) is 0 Å². The molecular weight excluding hydrogens is 338 g/mol. The summed E-state index contributed by atoms with van der Waals surface area (Å²) in [6.45, 7) is 0. The summed E-state index contributed by atoms with van der Waals surface area (Å²) in [5.74, 6) is 0.363. The van der Waals surface area contributed by atoms with Crippen molar-refractivity contribution < 1.29 is 4.79 Å². The molecule has 0 N–H and O–H groups in total. The van der Waals surface area contributed by atoms with E-state index >= 15 is 0 Å². The highest BCUT2D eigenvalue weighted by Gasteiger charge is 2.28. The highest BCUT2D eigenvalue weighted by Crippen LogP contribution is 2.32. The summed E-state index contributed by atoms with van der Waals surface area (Å²) < 4.78 is 2.07. The highest BCUT2D eigenvalue weighted by molar-refractivity contribution is 8.01. The van der Waals surface area contributed by atoms with E-state index in [9.17, 15) is 4.79 Å². The summed E-state index contributed by atoms with van der Waals surface area (Å²) in [5.41, 5.74) is 2.10. The van der Waals surface area contributed by atoms with E-state index in [0.29, 0.717) is 5.75 Å². The number of hydrogen-bond donors (Lipinski definition) is 0. The van der Waals surface area contributed by atoms with Crippen molar-refractivity contribution in [2.24, 2.45) is 5.10 Å². The molecule has 2 aromatic carbocycles. The minimum Gasteiger partial charge on any atom is -0.272 e. The zero-order chi connectivity index (χ0) is 16.4. The second-order valence-corrected chi connectivity index (χ2v) is 7.69. The van der Waals surface area contributed by atoms with Crippen LogP contribution in [0.2, 0.25) is 0 Å². The maximum absolute atomic E-state index is 12.6. The number of para-hydroxylation sites is 1. The van der Waals surface area contributed by atoms with Crippen molar-refractivity contribution >= 4 is 45.4 Å². The molecule has 1 aromatic heterocycles. The van der Waals surface area contributed by atoms with E-state index in [2.05, 4.69) is 16.2 Å². The number of thioether (sulfide) groups is 1. The van der Waals surface area contributed by atoms with Crippen LogP contribution in [0.15, 0.2) is 64.0 Å². The average molecular weight is 353 g/mol. The molecule has 0 aliphatic carbocycles. The smallest absolute Gasteiger partial charge is 0.253 e. The van der Waals surface area contributed by atoms with E-state index in [-0.39, 0.29) is 11.9 Å². The van der Waals surface area contributed by atoms with Gasteiger partial charge in [0.1, 0.15) is 0 Å². The fourth-order valence-electron chi connectivity index (χ4n) is 2.71. The van der Waals surface area contributed by atoms with Gasteiger partial charge < -0.3 is 0 Å². The molecule has 0 bridgehead atoms. The van der Waals surface area contributed by atoms with Gasteiger partial charge in [0.05, 0.1) is 22.0 Å². The topological polar surface area (TPSA) is 45.6 Å². The second kappa shape index (κ2) is 6.75. The maximum Gasteiger partial charge on any atom is 0.253 e. The summed E-state index contributed by atoms with van der Waals surface area (Å²) in [6, 6.07) is 18.1. The third kappa shape index (κ3) is 3.07. The third-order valence-corrected chi connectivity index (χ3v) is 6.03. The van der Waals surface area contributed by atoms with Crippen LogP contribution in [0.4, 0.5) is 0 Å². The van der Waals surface area contributed by atoms with Crippen molar-refractivity contribution in [2.75, 3.05) is 5.75 Å². The first-order valence-electron chi connectivity index (χ1n) is 7.69. The van der Waals surface area contributed by atoms with Crippen LogP contribution in [-0.2, 0) is 4.79 Å². The van der Waals surface area contributed by atoms with E-state index < -0.39 is 0 Å². The molecule has 24 heavy (non-hydrogen) atoms. The molecule has 0 fully saturated rings. The Kier molecular flexibility index (Phi) is 4.32. The van der Waals surface area contributed by atoms with Gasteiger partial charge in [0.15, 0.2) is 4.34 Å².